The number of rotatable bonds is 3. The Labute approximate surface area is 93.6 Å². The number of benzene rings is 1. The molecule has 0 aromatic heterocycles. The fourth-order valence-corrected chi connectivity index (χ4v) is 1.42. The molecule has 3 N–H and O–H groups in total. The SMILES string of the molecule is CC(O)CN(C)C(=O)c1c(O)cccc1O. The van der Waals surface area contributed by atoms with Gasteiger partial charge in [-0.1, -0.05) is 6.07 Å². The van der Waals surface area contributed by atoms with Crippen molar-refractivity contribution in [3.8, 4) is 11.5 Å². The predicted molar refractivity (Wildman–Crippen MR) is 58.4 cm³/mol. The molecule has 5 nitrogen and oxygen atoms in total. The molecule has 16 heavy (non-hydrogen) atoms. The van der Waals surface area contributed by atoms with E-state index in [1.165, 1.54) is 30.1 Å². The zero-order chi connectivity index (χ0) is 12.3. The monoisotopic (exact) mass is 225 g/mol. The van der Waals surface area contributed by atoms with Gasteiger partial charge in [0.05, 0.1) is 6.10 Å². The zero-order valence-electron chi connectivity index (χ0n) is 9.21. The molecule has 88 valence electrons. The zero-order valence-corrected chi connectivity index (χ0v) is 9.21. The molecule has 0 aliphatic heterocycles. The van der Waals surface area contributed by atoms with Crippen molar-refractivity contribution >= 4 is 5.91 Å². The van der Waals surface area contributed by atoms with Crippen LogP contribution in [0.2, 0.25) is 0 Å². The third kappa shape index (κ3) is 2.64. The topological polar surface area (TPSA) is 81.0 Å². The van der Waals surface area contributed by atoms with Crippen molar-refractivity contribution in [1.82, 2.24) is 4.90 Å². The van der Waals surface area contributed by atoms with Crippen LogP contribution in [0.3, 0.4) is 0 Å². The largest absolute Gasteiger partial charge is 0.507 e. The smallest absolute Gasteiger partial charge is 0.261 e. The number of phenols is 2. The van der Waals surface area contributed by atoms with Crippen LogP contribution in [0.4, 0.5) is 0 Å². The van der Waals surface area contributed by atoms with E-state index in [0.29, 0.717) is 0 Å². The summed E-state index contributed by atoms with van der Waals surface area (Å²) in [6, 6.07) is 4.09. The van der Waals surface area contributed by atoms with Crippen molar-refractivity contribution in [1.29, 1.82) is 0 Å². The number of likely N-dealkylation sites (N-methyl/N-ethyl adjacent to an activating group) is 1. The molecule has 1 rings (SSSR count). The van der Waals surface area contributed by atoms with Crippen molar-refractivity contribution in [2.75, 3.05) is 13.6 Å². The summed E-state index contributed by atoms with van der Waals surface area (Å²) in [5, 5.41) is 28.1. The Kier molecular flexibility index (Phi) is 3.73. The highest BCUT2D eigenvalue weighted by molar-refractivity contribution is 5.99. The van der Waals surface area contributed by atoms with Crippen LogP contribution in [-0.4, -0.2) is 45.8 Å². The lowest BCUT2D eigenvalue weighted by Crippen LogP contribution is -2.33. The van der Waals surface area contributed by atoms with Crippen molar-refractivity contribution in [3.05, 3.63) is 23.8 Å². The van der Waals surface area contributed by atoms with E-state index in [0.717, 1.165) is 0 Å². The van der Waals surface area contributed by atoms with E-state index in [-0.39, 0.29) is 23.6 Å². The van der Waals surface area contributed by atoms with E-state index < -0.39 is 12.0 Å². The van der Waals surface area contributed by atoms with Gasteiger partial charge in [0.15, 0.2) is 0 Å². The minimum absolute atomic E-state index is 0.132. The molecular weight excluding hydrogens is 210 g/mol. The van der Waals surface area contributed by atoms with Gasteiger partial charge in [-0.15, -0.1) is 0 Å². The van der Waals surface area contributed by atoms with Gasteiger partial charge in [0.1, 0.15) is 17.1 Å². The average Bonchev–Trinajstić information content (AvgIpc) is 2.16. The maximum Gasteiger partial charge on any atom is 0.261 e. The van der Waals surface area contributed by atoms with Crippen LogP contribution in [0, 0.1) is 0 Å². The summed E-state index contributed by atoms with van der Waals surface area (Å²) in [6.07, 6.45) is -0.665. The van der Waals surface area contributed by atoms with Crippen molar-refractivity contribution in [3.63, 3.8) is 0 Å². The number of phenolic OH excluding ortho intramolecular Hbond substituents is 2. The Morgan fingerprint density at radius 3 is 2.31 bits per heavy atom. The Morgan fingerprint density at radius 1 is 1.38 bits per heavy atom. The molecule has 0 heterocycles. The molecule has 1 aromatic rings. The maximum atomic E-state index is 11.8. The van der Waals surface area contributed by atoms with E-state index in [9.17, 15) is 15.0 Å². The van der Waals surface area contributed by atoms with Crippen LogP contribution in [0.5, 0.6) is 11.5 Å². The molecule has 0 bridgehead atoms. The highest BCUT2D eigenvalue weighted by Crippen LogP contribution is 2.27. The second-order valence-electron chi connectivity index (χ2n) is 3.71. The van der Waals surface area contributed by atoms with Crippen LogP contribution >= 0.6 is 0 Å². The Balaban J connectivity index is 2.96. The van der Waals surface area contributed by atoms with Crippen LogP contribution in [0.1, 0.15) is 17.3 Å². The molecule has 0 spiro atoms. The lowest BCUT2D eigenvalue weighted by molar-refractivity contribution is 0.0697. The minimum Gasteiger partial charge on any atom is -0.507 e. The molecular formula is C11H15NO4. The molecule has 5 heteroatoms. The Hall–Kier alpha value is -1.75. The van der Waals surface area contributed by atoms with E-state index in [1.807, 2.05) is 0 Å². The van der Waals surface area contributed by atoms with Crippen LogP contribution < -0.4 is 0 Å². The van der Waals surface area contributed by atoms with Gasteiger partial charge in [0.2, 0.25) is 0 Å². The van der Waals surface area contributed by atoms with Crippen molar-refractivity contribution < 1.29 is 20.1 Å². The van der Waals surface area contributed by atoms with Gasteiger partial charge in [0, 0.05) is 13.6 Å². The van der Waals surface area contributed by atoms with Crippen LogP contribution in [-0.2, 0) is 0 Å². The molecule has 1 amide bonds. The van der Waals surface area contributed by atoms with E-state index in [4.69, 9.17) is 5.11 Å². The van der Waals surface area contributed by atoms with E-state index in [2.05, 4.69) is 0 Å². The minimum atomic E-state index is -0.665. The number of nitrogens with zero attached hydrogens (tertiary/aromatic N) is 1. The van der Waals surface area contributed by atoms with Gasteiger partial charge in [0.25, 0.3) is 5.91 Å². The summed E-state index contributed by atoms with van der Waals surface area (Å²) in [7, 11) is 1.49. The number of carbonyl (C=O) groups is 1. The van der Waals surface area contributed by atoms with Crippen molar-refractivity contribution in [2.45, 2.75) is 13.0 Å². The standard InChI is InChI=1S/C11H15NO4/c1-7(13)6-12(2)11(16)10-8(14)4-3-5-9(10)15/h3-5,7,13-15H,6H2,1-2H3. The van der Waals surface area contributed by atoms with Gasteiger partial charge in [-0.3, -0.25) is 4.79 Å². The summed E-state index contributed by atoms with van der Waals surface area (Å²) in [5.41, 5.74) is -0.148. The normalized spacial score (nSPS) is 12.2. The number of hydrogen-bond acceptors (Lipinski definition) is 4. The molecule has 0 fully saturated rings. The Morgan fingerprint density at radius 2 is 1.88 bits per heavy atom. The van der Waals surface area contributed by atoms with E-state index in [1.54, 1.807) is 6.92 Å². The van der Waals surface area contributed by atoms with Crippen LogP contribution in [0.25, 0.3) is 0 Å². The fourth-order valence-electron chi connectivity index (χ4n) is 1.42. The second kappa shape index (κ2) is 4.85. The summed E-state index contributed by atoms with van der Waals surface area (Å²) < 4.78 is 0. The van der Waals surface area contributed by atoms with Gasteiger partial charge in [-0.2, -0.15) is 0 Å². The second-order valence-corrected chi connectivity index (χ2v) is 3.71. The fraction of sp³-hybridized carbons (Fsp3) is 0.364. The maximum absolute atomic E-state index is 11.8. The van der Waals surface area contributed by atoms with Gasteiger partial charge >= 0.3 is 0 Å². The van der Waals surface area contributed by atoms with Gasteiger partial charge in [-0.25, -0.2) is 0 Å². The summed E-state index contributed by atoms with van der Waals surface area (Å²) in [5.74, 6) is -1.08. The number of aromatic hydroxyl groups is 2. The molecule has 1 aromatic carbocycles. The third-order valence-corrected chi connectivity index (χ3v) is 2.12. The molecule has 0 saturated carbocycles. The quantitative estimate of drug-likeness (QED) is 0.701. The molecule has 0 aliphatic rings. The molecule has 1 unspecified atom stereocenters. The lowest BCUT2D eigenvalue weighted by Gasteiger charge is -2.19. The van der Waals surface area contributed by atoms with Gasteiger partial charge < -0.3 is 20.2 Å². The number of amides is 1. The average molecular weight is 225 g/mol. The number of aliphatic hydroxyl groups excluding tert-OH is 1. The number of aliphatic hydroxyl groups is 1. The summed E-state index contributed by atoms with van der Waals surface area (Å²) >= 11 is 0. The summed E-state index contributed by atoms with van der Waals surface area (Å²) in [4.78, 5) is 13.1. The molecule has 1 atom stereocenters. The summed E-state index contributed by atoms with van der Waals surface area (Å²) in [6.45, 7) is 1.68. The lowest BCUT2D eigenvalue weighted by atomic mass is 10.1. The molecule has 0 aliphatic carbocycles. The predicted octanol–water partition coefficient (Wildman–Crippen LogP) is 0.551. The molecule has 0 saturated heterocycles. The third-order valence-electron chi connectivity index (χ3n) is 2.12. The van der Waals surface area contributed by atoms with Gasteiger partial charge in [-0.05, 0) is 19.1 Å². The number of carbonyl (C=O) groups excluding carboxylic acids is 1. The first kappa shape index (κ1) is 12.3. The number of hydrogen-bond donors (Lipinski definition) is 3. The van der Waals surface area contributed by atoms with E-state index >= 15 is 0 Å². The Bertz CT molecular complexity index is 369. The molecule has 0 radical (unpaired) electrons. The highest BCUT2D eigenvalue weighted by atomic mass is 16.3. The van der Waals surface area contributed by atoms with Crippen LogP contribution in [0.15, 0.2) is 18.2 Å². The first-order chi connectivity index (χ1) is 7.43. The first-order valence-electron chi connectivity index (χ1n) is 4.88. The first-order valence-corrected chi connectivity index (χ1v) is 4.88. The highest BCUT2D eigenvalue weighted by Gasteiger charge is 2.20. The van der Waals surface area contributed by atoms with Crippen molar-refractivity contribution in [2.24, 2.45) is 0 Å².